The zero-order valence-electron chi connectivity index (χ0n) is 15.0. The second-order valence-electron chi connectivity index (χ2n) is 6.93. The van der Waals surface area contributed by atoms with Crippen LogP contribution < -0.4 is 0 Å². The van der Waals surface area contributed by atoms with Crippen LogP contribution >= 0.6 is 0 Å². The summed E-state index contributed by atoms with van der Waals surface area (Å²) in [5.41, 5.74) is 3.14. The Hall–Kier alpha value is -2.91. The molecule has 2 aromatic carbocycles. The highest BCUT2D eigenvalue weighted by Crippen LogP contribution is 2.37. The number of rotatable bonds is 4. The van der Waals surface area contributed by atoms with Gasteiger partial charge in [-0.2, -0.15) is 0 Å². The molecule has 2 heterocycles. The Morgan fingerprint density at radius 3 is 2.38 bits per heavy atom. The fraction of sp³-hybridized carbons (Fsp3) is 0.174. The van der Waals surface area contributed by atoms with Gasteiger partial charge in [0.05, 0.1) is 11.9 Å². The van der Waals surface area contributed by atoms with Crippen LogP contribution in [0.25, 0.3) is 5.65 Å². The van der Waals surface area contributed by atoms with Gasteiger partial charge in [0, 0.05) is 6.20 Å². The van der Waals surface area contributed by atoms with E-state index in [0.29, 0.717) is 5.92 Å². The molecule has 26 heavy (non-hydrogen) atoms. The van der Waals surface area contributed by atoms with Crippen molar-refractivity contribution in [2.75, 3.05) is 0 Å². The first-order valence-corrected chi connectivity index (χ1v) is 8.91. The maximum Gasteiger partial charge on any atom is 0.157 e. The van der Waals surface area contributed by atoms with Crippen molar-refractivity contribution in [3.05, 3.63) is 108 Å². The molecule has 1 N–H and O–H groups in total. The Morgan fingerprint density at radius 2 is 1.62 bits per heavy atom. The van der Waals surface area contributed by atoms with Gasteiger partial charge in [0.15, 0.2) is 5.60 Å². The van der Waals surface area contributed by atoms with Crippen LogP contribution in [0.3, 0.4) is 0 Å². The zero-order valence-corrected chi connectivity index (χ0v) is 15.0. The molecular weight excluding hydrogens is 320 g/mol. The first-order chi connectivity index (χ1) is 12.6. The minimum atomic E-state index is -1.28. The van der Waals surface area contributed by atoms with E-state index in [-0.39, 0.29) is 0 Å². The number of benzene rings is 2. The largest absolute Gasteiger partial charge is 0.374 e. The molecule has 0 spiro atoms. The molecule has 0 radical (unpaired) electrons. The molecular formula is C23H22N2O. The summed E-state index contributed by atoms with van der Waals surface area (Å²) in [6.45, 7) is 4.32. The second kappa shape index (κ2) is 6.43. The van der Waals surface area contributed by atoms with E-state index in [9.17, 15) is 5.11 Å². The molecule has 4 aromatic rings. The summed E-state index contributed by atoms with van der Waals surface area (Å²) in [6.07, 6.45) is 3.71. The van der Waals surface area contributed by atoms with Crippen molar-refractivity contribution in [3.63, 3.8) is 0 Å². The van der Waals surface area contributed by atoms with Gasteiger partial charge in [-0.15, -0.1) is 0 Å². The molecule has 2 aromatic heterocycles. The summed E-state index contributed by atoms with van der Waals surface area (Å²) >= 11 is 0. The summed E-state index contributed by atoms with van der Waals surface area (Å²) < 4.78 is 1.95. The van der Waals surface area contributed by atoms with Crippen molar-refractivity contribution in [2.24, 2.45) is 0 Å². The molecule has 0 saturated carbocycles. The lowest BCUT2D eigenvalue weighted by Gasteiger charge is -2.30. The van der Waals surface area contributed by atoms with Crippen molar-refractivity contribution in [2.45, 2.75) is 25.4 Å². The first kappa shape index (κ1) is 16.6. The molecule has 0 aliphatic rings. The Balaban J connectivity index is 2.01. The van der Waals surface area contributed by atoms with Crippen LogP contribution in [0.2, 0.25) is 0 Å². The van der Waals surface area contributed by atoms with E-state index in [1.807, 2.05) is 71.3 Å². The Morgan fingerprint density at radius 1 is 0.885 bits per heavy atom. The highest BCUT2D eigenvalue weighted by molar-refractivity contribution is 5.50. The van der Waals surface area contributed by atoms with Gasteiger partial charge in [0.1, 0.15) is 5.65 Å². The Labute approximate surface area is 153 Å². The summed E-state index contributed by atoms with van der Waals surface area (Å²) in [7, 11) is 0. The number of imidazole rings is 1. The molecule has 3 heteroatoms. The highest BCUT2D eigenvalue weighted by Gasteiger charge is 2.36. The van der Waals surface area contributed by atoms with Crippen LogP contribution in [0.15, 0.2) is 85.2 Å². The summed E-state index contributed by atoms with van der Waals surface area (Å²) in [5.74, 6) is 0.386. The van der Waals surface area contributed by atoms with E-state index in [2.05, 4.69) is 31.0 Å². The predicted molar refractivity (Wildman–Crippen MR) is 104 cm³/mol. The normalized spacial score (nSPS) is 13.8. The van der Waals surface area contributed by atoms with E-state index in [1.54, 1.807) is 6.20 Å². The standard InChI is InChI=1S/C23H22N2O/c1-17(2)18-9-8-12-20(15-18)23(26,19-10-4-3-5-11-19)21-16-24-22-13-6-7-14-25(21)22/h3-17,26H,1-2H3. The fourth-order valence-electron chi connectivity index (χ4n) is 3.46. The molecule has 4 rings (SSSR count). The van der Waals surface area contributed by atoms with Crippen LogP contribution in [-0.2, 0) is 5.60 Å². The van der Waals surface area contributed by atoms with E-state index in [4.69, 9.17) is 0 Å². The molecule has 3 nitrogen and oxygen atoms in total. The average Bonchev–Trinajstić information content (AvgIpc) is 3.13. The van der Waals surface area contributed by atoms with Crippen molar-refractivity contribution in [1.82, 2.24) is 9.38 Å². The molecule has 0 bridgehead atoms. The van der Waals surface area contributed by atoms with Gasteiger partial charge in [-0.25, -0.2) is 4.98 Å². The topological polar surface area (TPSA) is 37.5 Å². The minimum Gasteiger partial charge on any atom is -0.374 e. The number of hydrogen-bond donors (Lipinski definition) is 1. The number of aliphatic hydroxyl groups is 1. The number of pyridine rings is 1. The lowest BCUT2D eigenvalue weighted by atomic mass is 9.82. The predicted octanol–water partition coefficient (Wildman–Crippen LogP) is 4.74. The molecule has 1 atom stereocenters. The van der Waals surface area contributed by atoms with E-state index >= 15 is 0 Å². The van der Waals surface area contributed by atoms with Crippen LogP contribution in [0, 0.1) is 0 Å². The van der Waals surface area contributed by atoms with Crippen LogP contribution in [0.1, 0.15) is 42.1 Å². The maximum atomic E-state index is 12.1. The van der Waals surface area contributed by atoms with Gasteiger partial charge < -0.3 is 9.51 Å². The third-order valence-electron chi connectivity index (χ3n) is 4.95. The molecule has 0 amide bonds. The number of nitrogens with zero attached hydrogens (tertiary/aromatic N) is 2. The Kier molecular flexibility index (Phi) is 4.09. The molecule has 0 fully saturated rings. The number of aromatic nitrogens is 2. The van der Waals surface area contributed by atoms with Crippen molar-refractivity contribution in [1.29, 1.82) is 0 Å². The summed E-state index contributed by atoms with van der Waals surface area (Å²) in [4.78, 5) is 4.50. The number of hydrogen-bond acceptors (Lipinski definition) is 2. The van der Waals surface area contributed by atoms with Gasteiger partial charge in [-0.3, -0.25) is 0 Å². The van der Waals surface area contributed by atoms with E-state index < -0.39 is 5.60 Å². The van der Waals surface area contributed by atoms with Gasteiger partial charge in [0.2, 0.25) is 0 Å². The highest BCUT2D eigenvalue weighted by atomic mass is 16.3. The maximum absolute atomic E-state index is 12.1. The molecule has 1 unspecified atom stereocenters. The van der Waals surface area contributed by atoms with Gasteiger partial charge in [0.25, 0.3) is 0 Å². The lowest BCUT2D eigenvalue weighted by Crippen LogP contribution is -2.30. The average molecular weight is 342 g/mol. The van der Waals surface area contributed by atoms with E-state index in [1.165, 1.54) is 5.56 Å². The molecule has 0 saturated heterocycles. The molecule has 130 valence electrons. The number of fused-ring (bicyclic) bond motifs is 1. The van der Waals surface area contributed by atoms with Crippen molar-refractivity contribution < 1.29 is 5.11 Å². The smallest absolute Gasteiger partial charge is 0.157 e. The monoisotopic (exact) mass is 342 g/mol. The summed E-state index contributed by atoms with van der Waals surface area (Å²) in [6, 6.07) is 23.8. The fourth-order valence-corrected chi connectivity index (χ4v) is 3.46. The lowest BCUT2D eigenvalue weighted by molar-refractivity contribution is 0.120. The van der Waals surface area contributed by atoms with Crippen molar-refractivity contribution in [3.8, 4) is 0 Å². The third kappa shape index (κ3) is 2.61. The van der Waals surface area contributed by atoms with Gasteiger partial charge >= 0.3 is 0 Å². The van der Waals surface area contributed by atoms with Crippen LogP contribution in [0.4, 0.5) is 0 Å². The van der Waals surface area contributed by atoms with Crippen molar-refractivity contribution >= 4 is 5.65 Å². The Bertz CT molecular complexity index is 1040. The van der Waals surface area contributed by atoms with Crippen LogP contribution in [0.5, 0.6) is 0 Å². The minimum absolute atomic E-state index is 0.386. The zero-order chi connectivity index (χ0) is 18.1. The third-order valence-corrected chi connectivity index (χ3v) is 4.95. The first-order valence-electron chi connectivity index (χ1n) is 8.91. The molecule has 0 aliphatic heterocycles. The summed E-state index contributed by atoms with van der Waals surface area (Å²) in [5, 5.41) is 12.1. The SMILES string of the molecule is CC(C)c1cccc(C(O)(c2ccccc2)c2cnc3ccccn23)c1. The quantitative estimate of drug-likeness (QED) is 0.581. The van der Waals surface area contributed by atoms with E-state index in [0.717, 1.165) is 22.5 Å². The van der Waals surface area contributed by atoms with Crippen LogP contribution in [-0.4, -0.2) is 14.5 Å². The second-order valence-corrected chi connectivity index (χ2v) is 6.93. The van der Waals surface area contributed by atoms with Gasteiger partial charge in [-0.1, -0.05) is 74.5 Å². The van der Waals surface area contributed by atoms with Gasteiger partial charge in [-0.05, 0) is 34.7 Å². The molecule has 0 aliphatic carbocycles.